The number of fused-ring (bicyclic) bond motifs is 3. The minimum absolute atomic E-state index is 0.259. The third-order valence-electron chi connectivity index (χ3n) is 6.70. The van der Waals surface area contributed by atoms with Gasteiger partial charge in [-0.25, -0.2) is 4.68 Å². The lowest BCUT2D eigenvalue weighted by Crippen LogP contribution is -2.32. The molecule has 1 N–H and O–H groups in total. The molecule has 4 aromatic rings. The van der Waals surface area contributed by atoms with Crippen molar-refractivity contribution in [3.05, 3.63) is 93.5 Å². The zero-order chi connectivity index (χ0) is 25.7. The van der Waals surface area contributed by atoms with Crippen LogP contribution in [0.15, 0.2) is 71.4 Å². The summed E-state index contributed by atoms with van der Waals surface area (Å²) in [5, 5.41) is 9.73. The molecule has 0 bridgehead atoms. The van der Waals surface area contributed by atoms with Crippen LogP contribution >= 0.6 is 23.4 Å². The van der Waals surface area contributed by atoms with Gasteiger partial charge < -0.3 is 19.5 Å². The summed E-state index contributed by atoms with van der Waals surface area (Å²) in [6.07, 6.45) is 1.54. The number of methoxy groups -OCH3 is 2. The molecule has 9 heteroatoms. The van der Waals surface area contributed by atoms with Gasteiger partial charge in [-0.3, -0.25) is 0 Å². The summed E-state index contributed by atoms with van der Waals surface area (Å²) in [5.74, 6) is 2.70. The molecule has 0 saturated heterocycles. The molecule has 37 heavy (non-hydrogen) atoms. The predicted molar refractivity (Wildman–Crippen MR) is 146 cm³/mol. The second kappa shape index (κ2) is 9.36. The Morgan fingerprint density at radius 2 is 1.73 bits per heavy atom. The molecular weight excluding hydrogens is 508 g/mol. The molecule has 0 spiro atoms. The van der Waals surface area contributed by atoms with Gasteiger partial charge in [0.05, 0.1) is 19.9 Å². The molecule has 0 radical (unpaired) electrons. The highest BCUT2D eigenvalue weighted by Crippen LogP contribution is 2.52. The third kappa shape index (κ3) is 4.01. The lowest BCUT2D eigenvalue weighted by molar-refractivity contribution is 0.222. The van der Waals surface area contributed by atoms with Crippen LogP contribution in [0.4, 0.5) is 5.95 Å². The summed E-state index contributed by atoms with van der Waals surface area (Å²) in [4.78, 5) is 4.76. The lowest BCUT2D eigenvalue weighted by Gasteiger charge is -2.39. The number of aryl methyl sites for hydroxylation is 1. The Balaban J connectivity index is 1.62. The molecule has 188 valence electrons. The van der Waals surface area contributed by atoms with Gasteiger partial charge in [-0.05, 0) is 49.1 Å². The average Bonchev–Trinajstić information content (AvgIpc) is 3.35. The first-order valence-corrected chi connectivity index (χ1v) is 13.4. The molecule has 0 amide bonds. The fourth-order valence-electron chi connectivity index (χ4n) is 4.93. The van der Waals surface area contributed by atoms with Crippen LogP contribution in [0.3, 0.4) is 0 Å². The quantitative estimate of drug-likeness (QED) is 0.293. The van der Waals surface area contributed by atoms with Crippen molar-refractivity contribution in [1.29, 1.82) is 0 Å². The zero-order valence-electron chi connectivity index (χ0n) is 20.8. The first-order chi connectivity index (χ1) is 18.0. The molecule has 0 saturated carbocycles. The average molecular weight is 533 g/mol. The molecule has 0 unspecified atom stereocenters. The highest BCUT2D eigenvalue weighted by atomic mass is 35.5. The maximum Gasteiger partial charge on any atom is 0.227 e. The van der Waals surface area contributed by atoms with Crippen molar-refractivity contribution < 1.29 is 14.2 Å². The van der Waals surface area contributed by atoms with Crippen molar-refractivity contribution in [3.63, 3.8) is 0 Å². The zero-order valence-corrected chi connectivity index (χ0v) is 22.4. The third-order valence-corrected chi connectivity index (χ3v) is 7.47. The molecular formula is C28H25ClN4O3S. The molecule has 0 fully saturated rings. The second-order valence-electron chi connectivity index (χ2n) is 8.89. The highest BCUT2D eigenvalue weighted by Gasteiger charge is 2.41. The van der Waals surface area contributed by atoms with E-state index < -0.39 is 6.10 Å². The van der Waals surface area contributed by atoms with Crippen LogP contribution in [0.1, 0.15) is 34.4 Å². The smallest absolute Gasteiger partial charge is 0.227 e. The summed E-state index contributed by atoms with van der Waals surface area (Å²) in [6, 6.07) is 19.8. The van der Waals surface area contributed by atoms with Crippen LogP contribution < -0.4 is 19.5 Å². The van der Waals surface area contributed by atoms with Crippen molar-refractivity contribution in [2.45, 2.75) is 24.2 Å². The van der Waals surface area contributed by atoms with E-state index in [1.54, 1.807) is 14.2 Å². The van der Waals surface area contributed by atoms with E-state index in [0.717, 1.165) is 33.7 Å². The van der Waals surface area contributed by atoms with Gasteiger partial charge in [-0.15, -0.1) is 5.10 Å². The number of hydrogen-bond acceptors (Lipinski definition) is 7. The van der Waals surface area contributed by atoms with E-state index in [1.165, 1.54) is 17.3 Å². The van der Waals surface area contributed by atoms with Gasteiger partial charge in [0.1, 0.15) is 17.9 Å². The SMILES string of the molecule is COc1ccc([C@H]2Oc3ccc(Cl)cc3C3=C2[C@H](c2ccc(C)cc2)n2nc(SC)nc2N3)cc1OC. The fraction of sp³-hybridized carbons (Fsp3) is 0.214. The maximum atomic E-state index is 6.72. The molecule has 0 aliphatic carbocycles. The van der Waals surface area contributed by atoms with E-state index in [0.29, 0.717) is 27.6 Å². The summed E-state index contributed by atoms with van der Waals surface area (Å²) in [7, 11) is 3.26. The van der Waals surface area contributed by atoms with Crippen molar-refractivity contribution in [2.75, 3.05) is 25.8 Å². The van der Waals surface area contributed by atoms with Crippen LogP contribution in [0.2, 0.25) is 5.02 Å². The fourth-order valence-corrected chi connectivity index (χ4v) is 5.45. The number of nitrogens with one attached hydrogen (secondary N) is 1. The number of anilines is 1. The van der Waals surface area contributed by atoms with E-state index in [4.69, 9.17) is 35.9 Å². The van der Waals surface area contributed by atoms with Crippen LogP contribution in [0.25, 0.3) is 5.70 Å². The van der Waals surface area contributed by atoms with Gasteiger partial charge in [0.25, 0.3) is 0 Å². The standard InChI is InChI=1S/C28H25ClN4O3S/c1-15-5-7-16(8-6-15)25-23-24(30-27-31-28(37-4)32-33(25)27)19-14-18(29)10-12-20(19)36-26(23)17-9-11-21(34-2)22(13-17)35-3/h5-14,25-26H,1-4H3,(H,30,31,32)/t25-,26+/m0/s1. The maximum absolute atomic E-state index is 6.72. The molecule has 2 aliphatic rings. The largest absolute Gasteiger partial charge is 0.493 e. The number of thioether (sulfide) groups is 1. The minimum Gasteiger partial charge on any atom is -0.493 e. The van der Waals surface area contributed by atoms with Gasteiger partial charge >= 0.3 is 0 Å². The molecule has 6 rings (SSSR count). The number of halogens is 1. The number of rotatable bonds is 5. The highest BCUT2D eigenvalue weighted by molar-refractivity contribution is 7.98. The Morgan fingerprint density at radius 3 is 2.46 bits per heavy atom. The minimum atomic E-state index is -0.433. The molecule has 2 aliphatic heterocycles. The number of hydrogen-bond donors (Lipinski definition) is 1. The van der Waals surface area contributed by atoms with Crippen LogP contribution in [-0.2, 0) is 0 Å². The normalized spacial score (nSPS) is 17.8. The van der Waals surface area contributed by atoms with E-state index in [1.807, 2.05) is 47.3 Å². The van der Waals surface area contributed by atoms with Crippen LogP contribution in [0, 0.1) is 6.92 Å². The summed E-state index contributed by atoms with van der Waals surface area (Å²) in [5.41, 5.74) is 6.01. The van der Waals surface area contributed by atoms with E-state index in [-0.39, 0.29) is 6.04 Å². The molecule has 1 aromatic heterocycles. The number of aromatic nitrogens is 3. The predicted octanol–water partition coefficient (Wildman–Crippen LogP) is 6.54. The van der Waals surface area contributed by atoms with E-state index in [2.05, 4.69) is 36.5 Å². The van der Waals surface area contributed by atoms with E-state index >= 15 is 0 Å². The topological polar surface area (TPSA) is 70.4 Å². The van der Waals surface area contributed by atoms with Crippen LogP contribution in [-0.4, -0.2) is 35.2 Å². The van der Waals surface area contributed by atoms with Gasteiger partial charge in [-0.2, -0.15) is 4.98 Å². The Bertz CT molecular complexity index is 1530. The monoisotopic (exact) mass is 532 g/mol. The van der Waals surface area contributed by atoms with Gasteiger partial charge in [0, 0.05) is 21.7 Å². The first-order valence-electron chi connectivity index (χ1n) is 11.8. The van der Waals surface area contributed by atoms with Gasteiger partial charge in [0.2, 0.25) is 11.1 Å². The number of ether oxygens (including phenoxy) is 3. The van der Waals surface area contributed by atoms with Crippen LogP contribution in [0.5, 0.6) is 17.2 Å². The summed E-state index contributed by atoms with van der Waals surface area (Å²) >= 11 is 7.96. The molecule has 7 nitrogen and oxygen atoms in total. The Morgan fingerprint density at radius 1 is 0.973 bits per heavy atom. The lowest BCUT2D eigenvalue weighted by atomic mass is 9.84. The van der Waals surface area contributed by atoms with Crippen molar-refractivity contribution in [3.8, 4) is 17.2 Å². The van der Waals surface area contributed by atoms with Crippen molar-refractivity contribution >= 4 is 35.0 Å². The van der Waals surface area contributed by atoms with E-state index in [9.17, 15) is 0 Å². The summed E-state index contributed by atoms with van der Waals surface area (Å²) in [6.45, 7) is 2.08. The van der Waals surface area contributed by atoms with Crippen molar-refractivity contribution in [1.82, 2.24) is 14.8 Å². The van der Waals surface area contributed by atoms with Gasteiger partial charge in [0.15, 0.2) is 11.5 Å². The first kappa shape index (κ1) is 23.8. The Hall–Kier alpha value is -3.62. The summed E-state index contributed by atoms with van der Waals surface area (Å²) < 4.78 is 19.8. The van der Waals surface area contributed by atoms with Crippen molar-refractivity contribution in [2.24, 2.45) is 0 Å². The molecule has 2 atom stereocenters. The van der Waals surface area contributed by atoms with Gasteiger partial charge in [-0.1, -0.05) is 59.3 Å². The Kier molecular flexibility index (Phi) is 6.01. The molecule has 3 aromatic carbocycles. The Labute approximate surface area is 224 Å². The number of benzene rings is 3. The second-order valence-corrected chi connectivity index (χ2v) is 10.1. The number of nitrogens with zero attached hydrogens (tertiary/aromatic N) is 3. The molecule has 3 heterocycles.